The van der Waals surface area contributed by atoms with Gasteiger partial charge in [-0.05, 0) is 0 Å². The molecule has 90 valence electrons. The minimum Gasteiger partial charge on any atom is -0.460 e. The summed E-state index contributed by atoms with van der Waals surface area (Å²) in [6.07, 6.45) is 0.311. The largest absolute Gasteiger partial charge is 0.460 e. The first-order valence-electron chi connectivity index (χ1n) is 5.71. The summed E-state index contributed by atoms with van der Waals surface area (Å²) in [5.74, 6) is -0.178. The second-order valence-electron chi connectivity index (χ2n) is 5.02. The minimum absolute atomic E-state index is 0.00498. The molecule has 0 aliphatic carbocycles. The van der Waals surface area contributed by atoms with Gasteiger partial charge in [0.05, 0.1) is 13.0 Å². The zero-order valence-corrected chi connectivity index (χ0v) is 9.71. The smallest absolute Gasteiger partial charge is 0.306 e. The van der Waals surface area contributed by atoms with Crippen molar-refractivity contribution in [3.63, 3.8) is 0 Å². The lowest BCUT2D eigenvalue weighted by atomic mass is 9.75. The Bertz CT molecular complexity index is 310. The highest BCUT2D eigenvalue weighted by Crippen LogP contribution is 2.38. The van der Waals surface area contributed by atoms with Gasteiger partial charge >= 0.3 is 5.97 Å². The normalized spacial score (nSPS) is 26.7. The minimum atomic E-state index is -0.163. The zero-order chi connectivity index (χ0) is 11.8. The van der Waals surface area contributed by atoms with Crippen molar-refractivity contribution in [2.24, 2.45) is 11.3 Å². The Kier molecular flexibility index (Phi) is 2.88. The van der Waals surface area contributed by atoms with Crippen LogP contribution < -0.4 is 10.6 Å². The summed E-state index contributed by atoms with van der Waals surface area (Å²) in [5.41, 5.74) is -0.0681. The van der Waals surface area contributed by atoms with Crippen molar-refractivity contribution in [2.75, 3.05) is 19.6 Å². The van der Waals surface area contributed by atoms with Crippen LogP contribution in [-0.4, -0.2) is 37.6 Å². The van der Waals surface area contributed by atoms with E-state index >= 15 is 0 Å². The van der Waals surface area contributed by atoms with E-state index in [4.69, 9.17) is 4.74 Å². The third kappa shape index (κ3) is 1.91. The van der Waals surface area contributed by atoms with Crippen LogP contribution in [0, 0.1) is 11.3 Å². The Morgan fingerprint density at radius 2 is 2.31 bits per heavy atom. The van der Waals surface area contributed by atoms with Crippen LogP contribution in [-0.2, 0) is 14.3 Å². The van der Waals surface area contributed by atoms with Crippen molar-refractivity contribution in [3.05, 3.63) is 0 Å². The molecule has 16 heavy (non-hydrogen) atoms. The molecule has 2 aliphatic rings. The molecule has 2 aliphatic heterocycles. The number of cyclic esters (lactones) is 1. The van der Waals surface area contributed by atoms with E-state index in [-0.39, 0.29) is 29.3 Å². The molecule has 5 nitrogen and oxygen atoms in total. The first-order valence-corrected chi connectivity index (χ1v) is 5.71. The van der Waals surface area contributed by atoms with Gasteiger partial charge in [-0.2, -0.15) is 0 Å². The van der Waals surface area contributed by atoms with Crippen molar-refractivity contribution in [1.82, 2.24) is 10.6 Å². The molecule has 5 heteroatoms. The van der Waals surface area contributed by atoms with Gasteiger partial charge in [0, 0.05) is 24.4 Å². The van der Waals surface area contributed by atoms with Crippen molar-refractivity contribution >= 4 is 11.9 Å². The van der Waals surface area contributed by atoms with Gasteiger partial charge in [0.15, 0.2) is 0 Å². The van der Waals surface area contributed by atoms with Crippen molar-refractivity contribution in [1.29, 1.82) is 0 Å². The first-order chi connectivity index (χ1) is 7.53. The molecule has 0 bridgehead atoms. The summed E-state index contributed by atoms with van der Waals surface area (Å²) < 4.78 is 5.26. The van der Waals surface area contributed by atoms with Crippen molar-refractivity contribution in [2.45, 2.75) is 26.4 Å². The van der Waals surface area contributed by atoms with Gasteiger partial charge < -0.3 is 15.4 Å². The van der Waals surface area contributed by atoms with Gasteiger partial charge in [-0.3, -0.25) is 9.59 Å². The van der Waals surface area contributed by atoms with E-state index in [1.807, 2.05) is 13.8 Å². The molecule has 0 aromatic rings. The van der Waals surface area contributed by atoms with Gasteiger partial charge in [-0.25, -0.2) is 0 Å². The number of hydrogen-bond acceptors (Lipinski definition) is 4. The maximum absolute atomic E-state index is 11.4. The number of amides is 1. The molecule has 2 rings (SSSR count). The molecule has 2 N–H and O–H groups in total. The second kappa shape index (κ2) is 4.05. The number of carbonyl (C=O) groups is 2. The van der Waals surface area contributed by atoms with E-state index < -0.39 is 0 Å². The van der Waals surface area contributed by atoms with E-state index in [0.717, 1.165) is 13.1 Å². The Balaban J connectivity index is 1.89. The lowest BCUT2D eigenvalue weighted by Crippen LogP contribution is -2.60. The van der Waals surface area contributed by atoms with Crippen LogP contribution in [0.1, 0.15) is 20.3 Å². The molecule has 1 unspecified atom stereocenters. The fourth-order valence-electron chi connectivity index (χ4n) is 2.18. The molecular weight excluding hydrogens is 208 g/mol. The SMILES string of the molecule is CC(C)C(=O)NCC1OC(=O)CC12CNC2. The van der Waals surface area contributed by atoms with Crippen LogP contribution in [0.3, 0.4) is 0 Å². The quantitative estimate of drug-likeness (QED) is 0.646. The van der Waals surface area contributed by atoms with Gasteiger partial charge in [-0.1, -0.05) is 13.8 Å². The van der Waals surface area contributed by atoms with Crippen LogP contribution in [0.5, 0.6) is 0 Å². The Morgan fingerprint density at radius 3 is 2.81 bits per heavy atom. The Hall–Kier alpha value is -1.10. The molecule has 1 atom stereocenters. The maximum atomic E-state index is 11.4. The van der Waals surface area contributed by atoms with Crippen molar-refractivity contribution < 1.29 is 14.3 Å². The van der Waals surface area contributed by atoms with Gasteiger partial charge in [0.2, 0.25) is 5.91 Å². The van der Waals surface area contributed by atoms with E-state index in [1.54, 1.807) is 0 Å². The summed E-state index contributed by atoms with van der Waals surface area (Å²) in [6.45, 7) is 5.74. The van der Waals surface area contributed by atoms with Crippen LogP contribution in [0.4, 0.5) is 0 Å². The van der Waals surface area contributed by atoms with E-state index in [1.165, 1.54) is 0 Å². The highest BCUT2D eigenvalue weighted by atomic mass is 16.6. The topological polar surface area (TPSA) is 67.4 Å². The number of rotatable bonds is 3. The average Bonchev–Trinajstić information content (AvgIpc) is 2.51. The fourth-order valence-corrected chi connectivity index (χ4v) is 2.18. The summed E-state index contributed by atoms with van der Waals surface area (Å²) in [5, 5.41) is 5.98. The molecular formula is C11H18N2O3. The molecule has 2 heterocycles. The van der Waals surface area contributed by atoms with Gasteiger partial charge in [0.1, 0.15) is 6.10 Å². The first kappa shape index (κ1) is 11.4. The molecule has 0 saturated carbocycles. The number of ether oxygens (including phenoxy) is 1. The standard InChI is InChI=1S/C11H18N2O3/c1-7(2)10(15)13-4-8-11(5-12-6-11)3-9(14)16-8/h7-8,12H,3-6H2,1-2H3,(H,13,15). The molecule has 0 radical (unpaired) electrons. The summed E-state index contributed by atoms with van der Waals surface area (Å²) in [7, 11) is 0. The highest BCUT2D eigenvalue weighted by molar-refractivity contribution is 5.78. The van der Waals surface area contributed by atoms with E-state index in [0.29, 0.717) is 13.0 Å². The van der Waals surface area contributed by atoms with E-state index in [2.05, 4.69) is 10.6 Å². The average molecular weight is 226 g/mol. The number of hydrogen-bond donors (Lipinski definition) is 2. The molecule has 2 fully saturated rings. The molecule has 2 saturated heterocycles. The number of esters is 1. The van der Waals surface area contributed by atoms with Crippen LogP contribution in [0.2, 0.25) is 0 Å². The summed E-state index contributed by atoms with van der Waals surface area (Å²) in [4.78, 5) is 22.7. The van der Waals surface area contributed by atoms with Gasteiger partial charge in [0.25, 0.3) is 0 Å². The van der Waals surface area contributed by atoms with Crippen LogP contribution in [0.15, 0.2) is 0 Å². The number of carbonyl (C=O) groups excluding carboxylic acids is 2. The number of nitrogens with one attached hydrogen (secondary N) is 2. The Morgan fingerprint density at radius 1 is 1.62 bits per heavy atom. The monoisotopic (exact) mass is 226 g/mol. The predicted molar refractivity (Wildman–Crippen MR) is 57.6 cm³/mol. The lowest BCUT2D eigenvalue weighted by Gasteiger charge is -2.41. The second-order valence-corrected chi connectivity index (χ2v) is 5.02. The van der Waals surface area contributed by atoms with Gasteiger partial charge in [-0.15, -0.1) is 0 Å². The lowest BCUT2D eigenvalue weighted by molar-refractivity contribution is -0.142. The molecule has 1 amide bonds. The summed E-state index contributed by atoms with van der Waals surface area (Å²) in [6, 6.07) is 0. The third-order valence-electron chi connectivity index (χ3n) is 3.39. The highest BCUT2D eigenvalue weighted by Gasteiger charge is 2.52. The molecule has 0 aromatic heterocycles. The fraction of sp³-hybridized carbons (Fsp3) is 0.818. The third-order valence-corrected chi connectivity index (χ3v) is 3.39. The molecule has 0 aromatic carbocycles. The summed E-state index contributed by atoms with van der Waals surface area (Å²) >= 11 is 0. The van der Waals surface area contributed by atoms with Crippen LogP contribution in [0.25, 0.3) is 0 Å². The van der Waals surface area contributed by atoms with Crippen molar-refractivity contribution in [3.8, 4) is 0 Å². The van der Waals surface area contributed by atoms with Crippen LogP contribution >= 0.6 is 0 Å². The zero-order valence-electron chi connectivity index (χ0n) is 9.71. The molecule has 1 spiro atoms. The van der Waals surface area contributed by atoms with E-state index in [9.17, 15) is 9.59 Å². The predicted octanol–water partition coefficient (Wildman–Crippen LogP) is -0.336. The Labute approximate surface area is 94.9 Å². The maximum Gasteiger partial charge on any atom is 0.306 e.